The van der Waals surface area contributed by atoms with Gasteiger partial charge in [0.1, 0.15) is 6.04 Å². The number of hydrogen-bond acceptors (Lipinski definition) is 2. The summed E-state index contributed by atoms with van der Waals surface area (Å²) in [7, 11) is 0. The minimum absolute atomic E-state index is 0.121. The largest absolute Gasteiger partial charge is 0.480 e. The molecule has 17 heavy (non-hydrogen) atoms. The Hall–Kier alpha value is -1.06. The molecule has 1 atom stereocenters. The van der Waals surface area contributed by atoms with Gasteiger partial charge in [0.25, 0.3) is 0 Å². The standard InChI is InChI=1S/C13H23NO3/c1-3-9-14(10(2)15)12(13(16)17)11-7-5-4-6-8-11/h11-12H,3-9H2,1-2H3,(H,16,17). The van der Waals surface area contributed by atoms with E-state index < -0.39 is 12.0 Å². The van der Waals surface area contributed by atoms with Crippen LogP contribution >= 0.6 is 0 Å². The Morgan fingerprint density at radius 2 is 1.88 bits per heavy atom. The van der Waals surface area contributed by atoms with Gasteiger partial charge in [0, 0.05) is 13.5 Å². The van der Waals surface area contributed by atoms with Crippen molar-refractivity contribution in [3.8, 4) is 0 Å². The zero-order valence-electron chi connectivity index (χ0n) is 10.8. The zero-order valence-corrected chi connectivity index (χ0v) is 10.8. The predicted molar refractivity (Wildman–Crippen MR) is 65.7 cm³/mol. The molecule has 0 bridgehead atoms. The van der Waals surface area contributed by atoms with Crippen LogP contribution < -0.4 is 0 Å². The number of nitrogens with zero attached hydrogens (tertiary/aromatic N) is 1. The van der Waals surface area contributed by atoms with Crippen LogP contribution in [0.15, 0.2) is 0 Å². The molecule has 98 valence electrons. The second-order valence-corrected chi connectivity index (χ2v) is 4.89. The maximum absolute atomic E-state index is 11.6. The van der Waals surface area contributed by atoms with Crippen molar-refractivity contribution in [3.63, 3.8) is 0 Å². The number of carboxylic acid groups (broad SMARTS) is 1. The van der Waals surface area contributed by atoms with Crippen molar-refractivity contribution in [1.82, 2.24) is 4.90 Å². The van der Waals surface area contributed by atoms with Crippen molar-refractivity contribution in [2.75, 3.05) is 6.54 Å². The van der Waals surface area contributed by atoms with Crippen LogP contribution in [-0.2, 0) is 9.59 Å². The van der Waals surface area contributed by atoms with Crippen molar-refractivity contribution in [2.45, 2.75) is 58.4 Å². The molecular formula is C13H23NO3. The predicted octanol–water partition coefficient (Wildman–Crippen LogP) is 2.28. The highest BCUT2D eigenvalue weighted by Crippen LogP contribution is 2.29. The van der Waals surface area contributed by atoms with Crippen molar-refractivity contribution in [1.29, 1.82) is 0 Å². The summed E-state index contributed by atoms with van der Waals surface area (Å²) in [5.74, 6) is -0.831. The van der Waals surface area contributed by atoms with E-state index in [1.807, 2.05) is 6.92 Å². The fourth-order valence-electron chi connectivity index (χ4n) is 2.77. The Kier molecular flexibility index (Phi) is 5.45. The number of amides is 1. The quantitative estimate of drug-likeness (QED) is 0.803. The second kappa shape index (κ2) is 6.62. The first-order chi connectivity index (χ1) is 8.07. The topological polar surface area (TPSA) is 57.6 Å². The van der Waals surface area contributed by atoms with Crippen LogP contribution in [0.1, 0.15) is 52.4 Å². The first-order valence-electron chi connectivity index (χ1n) is 6.58. The molecule has 1 unspecified atom stereocenters. The molecule has 0 spiro atoms. The molecule has 1 rings (SSSR count). The maximum atomic E-state index is 11.6. The van der Waals surface area contributed by atoms with E-state index in [-0.39, 0.29) is 11.8 Å². The highest BCUT2D eigenvalue weighted by molar-refractivity contribution is 5.82. The van der Waals surface area contributed by atoms with Gasteiger partial charge in [0.15, 0.2) is 0 Å². The molecule has 1 N–H and O–H groups in total. The number of carbonyl (C=O) groups is 2. The summed E-state index contributed by atoms with van der Waals surface area (Å²) in [6.07, 6.45) is 6.04. The molecule has 0 heterocycles. The van der Waals surface area contributed by atoms with Crippen LogP contribution in [0, 0.1) is 5.92 Å². The third-order valence-corrected chi connectivity index (χ3v) is 3.55. The van der Waals surface area contributed by atoms with Gasteiger partial charge in [0.2, 0.25) is 5.91 Å². The summed E-state index contributed by atoms with van der Waals surface area (Å²) in [5.41, 5.74) is 0. The van der Waals surface area contributed by atoms with Crippen LogP contribution in [0.25, 0.3) is 0 Å². The molecule has 1 aliphatic rings. The van der Waals surface area contributed by atoms with Crippen LogP contribution in [0.5, 0.6) is 0 Å². The zero-order chi connectivity index (χ0) is 12.8. The van der Waals surface area contributed by atoms with Gasteiger partial charge in [-0.1, -0.05) is 26.2 Å². The van der Waals surface area contributed by atoms with Gasteiger partial charge in [-0.05, 0) is 25.2 Å². The molecule has 0 radical (unpaired) electrons. The molecule has 1 saturated carbocycles. The average Bonchev–Trinajstić information content (AvgIpc) is 2.29. The number of carbonyl (C=O) groups excluding carboxylic acids is 1. The highest BCUT2D eigenvalue weighted by Gasteiger charge is 2.35. The van der Waals surface area contributed by atoms with Crippen LogP contribution in [0.2, 0.25) is 0 Å². The second-order valence-electron chi connectivity index (χ2n) is 4.89. The monoisotopic (exact) mass is 241 g/mol. The van der Waals surface area contributed by atoms with E-state index in [1.54, 1.807) is 4.90 Å². The number of rotatable bonds is 5. The van der Waals surface area contributed by atoms with Gasteiger partial charge in [0.05, 0.1) is 0 Å². The van der Waals surface area contributed by atoms with E-state index in [0.717, 1.165) is 32.1 Å². The van der Waals surface area contributed by atoms with Crippen LogP contribution in [0.4, 0.5) is 0 Å². The minimum Gasteiger partial charge on any atom is -0.480 e. The normalized spacial score (nSPS) is 18.7. The number of hydrogen-bond donors (Lipinski definition) is 1. The molecule has 0 saturated heterocycles. The Bertz CT molecular complexity index is 272. The lowest BCUT2D eigenvalue weighted by Crippen LogP contribution is -2.49. The van der Waals surface area contributed by atoms with Gasteiger partial charge in [-0.25, -0.2) is 4.79 Å². The molecule has 0 aromatic heterocycles. The fourth-order valence-corrected chi connectivity index (χ4v) is 2.77. The smallest absolute Gasteiger partial charge is 0.326 e. The first kappa shape index (κ1) is 14.0. The third-order valence-electron chi connectivity index (χ3n) is 3.55. The summed E-state index contributed by atoms with van der Waals surface area (Å²) >= 11 is 0. The van der Waals surface area contributed by atoms with Gasteiger partial charge in [-0.3, -0.25) is 4.79 Å². The van der Waals surface area contributed by atoms with Crippen molar-refractivity contribution in [2.24, 2.45) is 5.92 Å². The van der Waals surface area contributed by atoms with Crippen molar-refractivity contribution in [3.05, 3.63) is 0 Å². The molecule has 0 aliphatic heterocycles. The van der Waals surface area contributed by atoms with Gasteiger partial charge < -0.3 is 10.0 Å². The van der Waals surface area contributed by atoms with Crippen molar-refractivity contribution >= 4 is 11.9 Å². The highest BCUT2D eigenvalue weighted by atomic mass is 16.4. The summed E-state index contributed by atoms with van der Waals surface area (Å²) in [5, 5.41) is 9.38. The van der Waals surface area contributed by atoms with E-state index in [2.05, 4.69) is 0 Å². The summed E-state index contributed by atoms with van der Waals surface area (Å²) in [4.78, 5) is 24.6. The molecule has 4 nitrogen and oxygen atoms in total. The molecular weight excluding hydrogens is 218 g/mol. The van der Waals surface area contributed by atoms with E-state index in [9.17, 15) is 14.7 Å². The molecule has 1 aliphatic carbocycles. The molecule has 1 amide bonds. The third kappa shape index (κ3) is 3.72. The average molecular weight is 241 g/mol. The Labute approximate surface area is 103 Å². The van der Waals surface area contributed by atoms with E-state index in [1.165, 1.54) is 13.3 Å². The van der Waals surface area contributed by atoms with Crippen molar-refractivity contribution < 1.29 is 14.7 Å². The molecule has 0 aromatic carbocycles. The molecule has 0 aromatic rings. The maximum Gasteiger partial charge on any atom is 0.326 e. The van der Waals surface area contributed by atoms with Gasteiger partial charge >= 0.3 is 5.97 Å². The minimum atomic E-state index is -0.847. The number of carboxylic acids is 1. The summed E-state index contributed by atoms with van der Waals surface area (Å²) in [6.45, 7) is 3.98. The van der Waals surface area contributed by atoms with E-state index in [0.29, 0.717) is 6.54 Å². The summed E-state index contributed by atoms with van der Waals surface area (Å²) < 4.78 is 0. The fraction of sp³-hybridized carbons (Fsp3) is 0.846. The Balaban J connectivity index is 2.80. The van der Waals surface area contributed by atoms with E-state index >= 15 is 0 Å². The van der Waals surface area contributed by atoms with Crippen LogP contribution in [-0.4, -0.2) is 34.5 Å². The molecule has 1 fully saturated rings. The number of aliphatic carboxylic acids is 1. The Morgan fingerprint density at radius 1 is 1.29 bits per heavy atom. The lowest BCUT2D eigenvalue weighted by Gasteiger charge is -2.35. The van der Waals surface area contributed by atoms with Crippen LogP contribution in [0.3, 0.4) is 0 Å². The lowest BCUT2D eigenvalue weighted by molar-refractivity contribution is -0.152. The Morgan fingerprint density at radius 3 is 2.29 bits per heavy atom. The van der Waals surface area contributed by atoms with Gasteiger partial charge in [-0.15, -0.1) is 0 Å². The summed E-state index contributed by atoms with van der Waals surface area (Å²) in [6, 6.07) is -0.618. The first-order valence-corrected chi connectivity index (χ1v) is 6.58. The van der Waals surface area contributed by atoms with Gasteiger partial charge in [-0.2, -0.15) is 0 Å². The molecule has 4 heteroatoms. The van der Waals surface area contributed by atoms with E-state index in [4.69, 9.17) is 0 Å². The SMILES string of the molecule is CCCN(C(C)=O)C(C(=O)O)C1CCCCC1. The lowest BCUT2D eigenvalue weighted by atomic mass is 9.83.